The zero-order valence-electron chi connectivity index (χ0n) is 13.1. The Bertz CT molecular complexity index is 933. The van der Waals surface area contributed by atoms with Gasteiger partial charge in [0.25, 0.3) is 5.56 Å². The molecule has 0 spiro atoms. The lowest BCUT2D eigenvalue weighted by atomic mass is 10.2. The van der Waals surface area contributed by atoms with Crippen molar-refractivity contribution in [2.24, 2.45) is 0 Å². The molecule has 122 valence electrons. The highest BCUT2D eigenvalue weighted by Crippen LogP contribution is 2.18. The molecule has 2 aromatic carbocycles. The number of hydrogen-bond donors (Lipinski definition) is 0. The second kappa shape index (κ2) is 6.95. The van der Waals surface area contributed by atoms with Crippen LogP contribution in [-0.2, 0) is 22.7 Å². The molecule has 6 nitrogen and oxygen atoms in total. The van der Waals surface area contributed by atoms with Crippen LogP contribution in [-0.4, -0.2) is 22.6 Å². The fourth-order valence-electron chi connectivity index (χ4n) is 2.43. The normalized spacial score (nSPS) is 10.5. The minimum Gasteiger partial charge on any atom is -0.496 e. The van der Waals surface area contributed by atoms with Gasteiger partial charge in [-0.05, 0) is 18.2 Å². The Balaban J connectivity index is 1.76. The van der Waals surface area contributed by atoms with Crippen molar-refractivity contribution in [1.82, 2.24) is 9.55 Å². The molecule has 0 atom stereocenters. The van der Waals surface area contributed by atoms with E-state index in [2.05, 4.69) is 4.98 Å². The Kier molecular flexibility index (Phi) is 4.56. The smallest absolute Gasteiger partial charge is 0.326 e. The molecular formula is C18H16N2O4. The third kappa shape index (κ3) is 3.27. The molecule has 0 aliphatic carbocycles. The average Bonchev–Trinajstić information content (AvgIpc) is 2.62. The highest BCUT2D eigenvalue weighted by atomic mass is 16.5. The van der Waals surface area contributed by atoms with Crippen molar-refractivity contribution in [3.63, 3.8) is 0 Å². The second-order valence-electron chi connectivity index (χ2n) is 5.14. The van der Waals surface area contributed by atoms with Crippen molar-refractivity contribution >= 4 is 17.0 Å². The number of carbonyl (C=O) groups is 1. The van der Waals surface area contributed by atoms with E-state index in [9.17, 15) is 9.59 Å². The van der Waals surface area contributed by atoms with Crippen LogP contribution in [0, 0.1) is 0 Å². The fraction of sp³-hybridized carbons (Fsp3) is 0.167. The van der Waals surface area contributed by atoms with Crippen LogP contribution in [0.1, 0.15) is 5.56 Å². The molecular weight excluding hydrogens is 308 g/mol. The first-order chi connectivity index (χ1) is 11.7. The molecule has 1 heterocycles. The summed E-state index contributed by atoms with van der Waals surface area (Å²) >= 11 is 0. The maximum Gasteiger partial charge on any atom is 0.326 e. The summed E-state index contributed by atoms with van der Waals surface area (Å²) in [6.45, 7) is -0.0857. The molecule has 0 aliphatic heterocycles. The lowest BCUT2D eigenvalue weighted by molar-refractivity contribution is -0.145. The molecule has 0 N–H and O–H groups in total. The first-order valence-electron chi connectivity index (χ1n) is 7.41. The van der Waals surface area contributed by atoms with Crippen LogP contribution in [0.3, 0.4) is 0 Å². The third-order valence-electron chi connectivity index (χ3n) is 3.62. The third-order valence-corrected chi connectivity index (χ3v) is 3.62. The van der Waals surface area contributed by atoms with Crippen LogP contribution in [0.15, 0.2) is 59.5 Å². The number of hydrogen-bond acceptors (Lipinski definition) is 5. The average molecular weight is 324 g/mol. The lowest BCUT2D eigenvalue weighted by Crippen LogP contribution is -2.25. The van der Waals surface area contributed by atoms with Gasteiger partial charge in [0.1, 0.15) is 18.9 Å². The van der Waals surface area contributed by atoms with E-state index in [0.29, 0.717) is 16.8 Å². The predicted octanol–water partition coefficient (Wildman–Crippen LogP) is 2.15. The van der Waals surface area contributed by atoms with Gasteiger partial charge < -0.3 is 9.47 Å². The van der Waals surface area contributed by atoms with Gasteiger partial charge in [-0.15, -0.1) is 0 Å². The predicted molar refractivity (Wildman–Crippen MR) is 88.8 cm³/mol. The van der Waals surface area contributed by atoms with Crippen LogP contribution in [0.4, 0.5) is 0 Å². The van der Waals surface area contributed by atoms with Crippen LogP contribution in [0.2, 0.25) is 0 Å². The van der Waals surface area contributed by atoms with Gasteiger partial charge in [-0.25, -0.2) is 4.98 Å². The summed E-state index contributed by atoms with van der Waals surface area (Å²) in [5, 5.41) is 0. The molecule has 0 radical (unpaired) electrons. The summed E-state index contributed by atoms with van der Waals surface area (Å²) in [5.74, 6) is 0.149. The SMILES string of the molecule is COc1ccccc1COC(=O)Cn1c(=O)cnc2ccccc21. The highest BCUT2D eigenvalue weighted by Gasteiger charge is 2.11. The van der Waals surface area contributed by atoms with Crippen LogP contribution in [0.25, 0.3) is 11.0 Å². The van der Waals surface area contributed by atoms with Gasteiger partial charge in [-0.1, -0.05) is 30.3 Å². The molecule has 6 heteroatoms. The maximum atomic E-state index is 12.1. The zero-order valence-corrected chi connectivity index (χ0v) is 13.1. The molecule has 1 aromatic heterocycles. The van der Waals surface area contributed by atoms with Gasteiger partial charge in [-0.2, -0.15) is 0 Å². The first kappa shape index (κ1) is 15.7. The summed E-state index contributed by atoms with van der Waals surface area (Å²) in [6, 6.07) is 14.4. The number of rotatable bonds is 5. The minimum absolute atomic E-state index is 0.0839. The summed E-state index contributed by atoms with van der Waals surface area (Å²) in [4.78, 5) is 28.2. The van der Waals surface area contributed by atoms with E-state index in [-0.39, 0.29) is 18.7 Å². The van der Waals surface area contributed by atoms with Crippen LogP contribution in [0.5, 0.6) is 5.75 Å². The van der Waals surface area contributed by atoms with Gasteiger partial charge in [-0.3, -0.25) is 14.2 Å². The monoisotopic (exact) mass is 324 g/mol. The number of carbonyl (C=O) groups excluding carboxylic acids is 1. The molecule has 24 heavy (non-hydrogen) atoms. The molecule has 0 saturated carbocycles. The van der Waals surface area contributed by atoms with E-state index in [4.69, 9.17) is 9.47 Å². The molecule has 0 saturated heterocycles. The second-order valence-corrected chi connectivity index (χ2v) is 5.14. The number of benzene rings is 2. The van der Waals surface area contributed by atoms with E-state index >= 15 is 0 Å². The molecule has 0 fully saturated rings. The van der Waals surface area contributed by atoms with Crippen molar-refractivity contribution < 1.29 is 14.3 Å². The number of para-hydroxylation sites is 3. The number of esters is 1. The topological polar surface area (TPSA) is 70.4 Å². The van der Waals surface area contributed by atoms with Crippen molar-refractivity contribution in [3.05, 3.63) is 70.6 Å². The van der Waals surface area contributed by atoms with Crippen LogP contribution >= 0.6 is 0 Å². The zero-order chi connectivity index (χ0) is 16.9. The summed E-state index contributed by atoms with van der Waals surface area (Å²) in [7, 11) is 1.56. The molecule has 0 aliphatic rings. The Morgan fingerprint density at radius 2 is 1.88 bits per heavy atom. The van der Waals surface area contributed by atoms with Gasteiger partial charge in [0.2, 0.25) is 0 Å². The Morgan fingerprint density at radius 1 is 1.12 bits per heavy atom. The summed E-state index contributed by atoms with van der Waals surface area (Å²) < 4.78 is 11.9. The number of nitrogens with zero attached hydrogens (tertiary/aromatic N) is 2. The number of methoxy groups -OCH3 is 1. The van der Waals surface area contributed by atoms with Gasteiger partial charge in [0.05, 0.1) is 24.3 Å². The highest BCUT2D eigenvalue weighted by molar-refractivity contribution is 5.77. The quantitative estimate of drug-likeness (QED) is 0.673. The van der Waals surface area contributed by atoms with Crippen molar-refractivity contribution in [2.45, 2.75) is 13.2 Å². The van der Waals surface area contributed by atoms with E-state index in [1.807, 2.05) is 24.3 Å². The molecule has 0 amide bonds. The van der Waals surface area contributed by atoms with E-state index in [0.717, 1.165) is 5.56 Å². The molecule has 0 bridgehead atoms. The van der Waals surface area contributed by atoms with E-state index in [1.165, 1.54) is 10.8 Å². The minimum atomic E-state index is -0.501. The van der Waals surface area contributed by atoms with Crippen molar-refractivity contribution in [2.75, 3.05) is 7.11 Å². The van der Waals surface area contributed by atoms with Gasteiger partial charge in [0.15, 0.2) is 0 Å². The Hall–Kier alpha value is -3.15. The standard InChI is InChI=1S/C18H16N2O4/c1-23-16-9-5-2-6-13(16)12-24-18(22)11-20-15-8-4-3-7-14(15)19-10-17(20)21/h2-10H,11-12H2,1H3. The van der Waals surface area contributed by atoms with Crippen LogP contribution < -0.4 is 10.3 Å². The number of ether oxygens (including phenoxy) is 2. The van der Waals surface area contributed by atoms with Crippen molar-refractivity contribution in [3.8, 4) is 5.75 Å². The Morgan fingerprint density at radius 3 is 2.71 bits per heavy atom. The summed E-state index contributed by atoms with van der Waals surface area (Å²) in [6.07, 6.45) is 1.20. The summed E-state index contributed by atoms with van der Waals surface area (Å²) in [5.41, 5.74) is 1.66. The molecule has 3 aromatic rings. The van der Waals surface area contributed by atoms with Crippen molar-refractivity contribution in [1.29, 1.82) is 0 Å². The number of aromatic nitrogens is 2. The van der Waals surface area contributed by atoms with Gasteiger partial charge >= 0.3 is 5.97 Å². The maximum absolute atomic E-state index is 12.1. The largest absolute Gasteiger partial charge is 0.496 e. The van der Waals surface area contributed by atoms with E-state index in [1.54, 1.807) is 31.4 Å². The molecule has 3 rings (SSSR count). The first-order valence-corrected chi connectivity index (χ1v) is 7.41. The molecule has 0 unspecified atom stereocenters. The lowest BCUT2D eigenvalue weighted by Gasteiger charge is -2.11. The number of fused-ring (bicyclic) bond motifs is 1. The Labute approximate surface area is 138 Å². The fourth-order valence-corrected chi connectivity index (χ4v) is 2.43. The van der Waals surface area contributed by atoms with E-state index < -0.39 is 5.97 Å². The van der Waals surface area contributed by atoms with Gasteiger partial charge in [0, 0.05) is 5.56 Å².